The van der Waals surface area contributed by atoms with Crippen molar-refractivity contribution < 1.29 is 24.6 Å². The Morgan fingerprint density at radius 3 is 2.25 bits per heavy atom. The molecule has 0 fully saturated rings. The molecular weight excluding hydrogens is 312 g/mol. The van der Waals surface area contributed by atoms with Crippen molar-refractivity contribution in [3.8, 4) is 5.75 Å². The van der Waals surface area contributed by atoms with Crippen LogP contribution >= 0.6 is 0 Å². The lowest BCUT2D eigenvalue weighted by atomic mass is 10.2. The molecule has 2 aromatic carbocycles. The van der Waals surface area contributed by atoms with Crippen molar-refractivity contribution in [1.82, 2.24) is 0 Å². The van der Waals surface area contributed by atoms with Gasteiger partial charge in [-0.3, -0.25) is 9.59 Å². The van der Waals surface area contributed by atoms with Gasteiger partial charge in [0.2, 0.25) is 5.91 Å². The first-order chi connectivity index (χ1) is 11.4. The maximum absolute atomic E-state index is 12.1. The molecule has 2 amide bonds. The summed E-state index contributed by atoms with van der Waals surface area (Å²) in [6.45, 7) is 0. The summed E-state index contributed by atoms with van der Waals surface area (Å²) in [5.41, 5.74) is 1.28. The Balaban J connectivity index is 1.94. The molecule has 0 aliphatic carbocycles. The Labute approximate surface area is 137 Å². The number of carbonyl (C=O) groups is 3. The lowest BCUT2D eigenvalue weighted by Crippen LogP contribution is -2.24. The molecule has 0 bridgehead atoms. The van der Waals surface area contributed by atoms with E-state index in [-0.39, 0.29) is 24.5 Å². The van der Waals surface area contributed by atoms with Crippen LogP contribution in [0, 0.1) is 0 Å². The fraction of sp³-hybridized carbons (Fsp3) is 0.118. The van der Waals surface area contributed by atoms with Crippen molar-refractivity contribution in [3.05, 3.63) is 54.1 Å². The first-order valence-electron chi connectivity index (χ1n) is 7.14. The van der Waals surface area contributed by atoms with E-state index in [1.165, 1.54) is 36.4 Å². The zero-order valence-corrected chi connectivity index (χ0v) is 12.6. The highest BCUT2D eigenvalue weighted by atomic mass is 16.4. The lowest BCUT2D eigenvalue weighted by Gasteiger charge is -2.08. The minimum absolute atomic E-state index is 0.0439. The number of phenols is 1. The number of nitrogens with one attached hydrogen (secondary N) is 2. The van der Waals surface area contributed by atoms with Crippen LogP contribution in [0.4, 0.5) is 11.4 Å². The van der Waals surface area contributed by atoms with Gasteiger partial charge in [-0.1, -0.05) is 6.07 Å². The van der Waals surface area contributed by atoms with Gasteiger partial charge in [-0.25, -0.2) is 0 Å². The van der Waals surface area contributed by atoms with E-state index in [0.717, 1.165) is 0 Å². The van der Waals surface area contributed by atoms with E-state index < -0.39 is 11.9 Å². The highest BCUT2D eigenvalue weighted by Crippen LogP contribution is 2.17. The predicted octanol–water partition coefficient (Wildman–Crippen LogP) is 1.11. The van der Waals surface area contributed by atoms with E-state index in [4.69, 9.17) is 0 Å². The third kappa shape index (κ3) is 5.13. The van der Waals surface area contributed by atoms with E-state index >= 15 is 0 Å². The van der Waals surface area contributed by atoms with E-state index in [2.05, 4.69) is 10.6 Å². The monoisotopic (exact) mass is 327 g/mol. The van der Waals surface area contributed by atoms with Crippen molar-refractivity contribution in [2.75, 3.05) is 10.6 Å². The molecule has 0 aliphatic heterocycles. The van der Waals surface area contributed by atoms with Gasteiger partial charge in [-0.2, -0.15) is 0 Å². The number of hydrogen-bond acceptors (Lipinski definition) is 5. The number of aliphatic carboxylic acids is 1. The molecule has 0 unspecified atom stereocenters. The van der Waals surface area contributed by atoms with Crippen molar-refractivity contribution in [1.29, 1.82) is 0 Å². The topological polar surface area (TPSA) is 119 Å². The quantitative estimate of drug-likeness (QED) is 0.734. The molecule has 124 valence electrons. The summed E-state index contributed by atoms with van der Waals surface area (Å²) in [5.74, 6) is -2.06. The first kappa shape index (κ1) is 17.0. The van der Waals surface area contributed by atoms with Crippen molar-refractivity contribution in [2.24, 2.45) is 0 Å². The average Bonchev–Trinajstić information content (AvgIpc) is 2.53. The first-order valence-corrected chi connectivity index (χ1v) is 7.14. The number of phenolic OH excluding ortho intramolecular Hbond substituents is 1. The van der Waals surface area contributed by atoms with Crippen LogP contribution in [0.5, 0.6) is 5.75 Å². The minimum atomic E-state index is -1.29. The van der Waals surface area contributed by atoms with Gasteiger partial charge < -0.3 is 25.6 Å². The van der Waals surface area contributed by atoms with Crippen LogP contribution in [0.25, 0.3) is 0 Å². The van der Waals surface area contributed by atoms with Gasteiger partial charge in [-0.05, 0) is 42.8 Å². The highest BCUT2D eigenvalue weighted by Gasteiger charge is 2.08. The Morgan fingerprint density at radius 1 is 0.917 bits per heavy atom. The fourth-order valence-corrected chi connectivity index (χ4v) is 1.93. The number of amides is 2. The van der Waals surface area contributed by atoms with Crippen LogP contribution in [-0.4, -0.2) is 22.9 Å². The molecule has 2 aromatic rings. The van der Waals surface area contributed by atoms with E-state index in [0.29, 0.717) is 16.9 Å². The molecule has 0 atom stereocenters. The van der Waals surface area contributed by atoms with Gasteiger partial charge in [0, 0.05) is 35.4 Å². The molecule has 3 N–H and O–H groups in total. The van der Waals surface area contributed by atoms with Gasteiger partial charge >= 0.3 is 0 Å². The summed E-state index contributed by atoms with van der Waals surface area (Å²) >= 11 is 0. The molecule has 0 heterocycles. The fourth-order valence-electron chi connectivity index (χ4n) is 1.93. The summed E-state index contributed by atoms with van der Waals surface area (Å²) < 4.78 is 0. The van der Waals surface area contributed by atoms with Gasteiger partial charge in [0.05, 0.1) is 0 Å². The highest BCUT2D eigenvalue weighted by molar-refractivity contribution is 6.04. The van der Waals surface area contributed by atoms with Crippen LogP contribution in [0.1, 0.15) is 23.2 Å². The number of hydrogen-bond donors (Lipinski definition) is 3. The Morgan fingerprint density at radius 2 is 1.62 bits per heavy atom. The third-order valence-electron chi connectivity index (χ3n) is 3.09. The van der Waals surface area contributed by atoms with E-state index in [9.17, 15) is 24.6 Å². The van der Waals surface area contributed by atoms with Crippen molar-refractivity contribution in [3.63, 3.8) is 0 Å². The van der Waals surface area contributed by atoms with Crippen molar-refractivity contribution >= 4 is 29.2 Å². The normalized spacial score (nSPS) is 10.0. The maximum Gasteiger partial charge on any atom is 0.255 e. The summed E-state index contributed by atoms with van der Waals surface area (Å²) in [5, 5.41) is 24.8. The third-order valence-corrected chi connectivity index (χ3v) is 3.09. The molecule has 7 heteroatoms. The molecule has 0 aromatic heterocycles. The number of carbonyl (C=O) groups excluding carboxylic acids is 3. The summed E-state index contributed by atoms with van der Waals surface area (Å²) in [6, 6.07) is 12.3. The largest absolute Gasteiger partial charge is 0.550 e. The summed E-state index contributed by atoms with van der Waals surface area (Å²) in [7, 11) is 0. The second-order valence-corrected chi connectivity index (χ2v) is 5.00. The summed E-state index contributed by atoms with van der Waals surface area (Å²) in [4.78, 5) is 33.9. The second kappa shape index (κ2) is 7.77. The number of aromatic hydroxyl groups is 1. The molecule has 0 saturated heterocycles. The van der Waals surface area contributed by atoms with Crippen LogP contribution < -0.4 is 15.7 Å². The molecule has 7 nitrogen and oxygen atoms in total. The molecule has 0 saturated carbocycles. The SMILES string of the molecule is O=C([O-])CCC(=O)Nc1ccc(C(=O)Nc2cccc(O)c2)cc1. The number of carboxylic acids is 1. The van der Waals surface area contributed by atoms with Crippen LogP contribution in [0.15, 0.2) is 48.5 Å². The molecule has 2 rings (SSSR count). The second-order valence-electron chi connectivity index (χ2n) is 5.00. The molecule has 24 heavy (non-hydrogen) atoms. The zero-order valence-electron chi connectivity index (χ0n) is 12.6. The summed E-state index contributed by atoms with van der Waals surface area (Å²) in [6.07, 6.45) is -0.529. The Kier molecular flexibility index (Phi) is 5.51. The van der Waals surface area contributed by atoms with E-state index in [1.807, 2.05) is 0 Å². The lowest BCUT2D eigenvalue weighted by molar-refractivity contribution is -0.305. The smallest absolute Gasteiger partial charge is 0.255 e. The minimum Gasteiger partial charge on any atom is -0.550 e. The molecule has 0 radical (unpaired) electrons. The van der Waals surface area contributed by atoms with Gasteiger partial charge in [0.25, 0.3) is 5.91 Å². The number of benzene rings is 2. The maximum atomic E-state index is 12.1. The Bertz CT molecular complexity index is 756. The van der Waals surface area contributed by atoms with Gasteiger partial charge in [-0.15, -0.1) is 0 Å². The van der Waals surface area contributed by atoms with Crippen molar-refractivity contribution in [2.45, 2.75) is 12.8 Å². The van der Waals surface area contributed by atoms with E-state index in [1.54, 1.807) is 12.1 Å². The average molecular weight is 327 g/mol. The standard InChI is InChI=1S/C17H16N2O5/c20-14-3-1-2-13(10-14)19-17(24)11-4-6-12(7-5-11)18-15(21)8-9-16(22)23/h1-7,10,20H,8-9H2,(H,18,21)(H,19,24)(H,22,23)/p-1. The van der Waals surface area contributed by atoms with Crippen LogP contribution in [0.3, 0.4) is 0 Å². The van der Waals surface area contributed by atoms with Gasteiger partial charge in [0.15, 0.2) is 0 Å². The molecular formula is C17H15N2O5-. The van der Waals surface area contributed by atoms with Crippen LogP contribution in [0.2, 0.25) is 0 Å². The number of carboxylic acid groups (broad SMARTS) is 1. The Hall–Kier alpha value is -3.35. The zero-order chi connectivity index (χ0) is 17.5. The molecule has 0 spiro atoms. The van der Waals surface area contributed by atoms with Crippen LogP contribution in [-0.2, 0) is 9.59 Å². The number of rotatable bonds is 6. The molecule has 0 aliphatic rings. The predicted molar refractivity (Wildman–Crippen MR) is 85.4 cm³/mol. The van der Waals surface area contributed by atoms with Gasteiger partial charge in [0.1, 0.15) is 5.75 Å². The number of anilines is 2.